The molecule has 2 aromatic carbocycles. The molecule has 28 heavy (non-hydrogen) atoms. The van der Waals surface area contributed by atoms with Crippen molar-refractivity contribution < 1.29 is 26.4 Å². The van der Waals surface area contributed by atoms with Crippen molar-refractivity contribution in [2.75, 3.05) is 6.54 Å². The van der Waals surface area contributed by atoms with Gasteiger partial charge in [-0.2, -0.15) is 0 Å². The first-order valence-corrected chi connectivity index (χ1v) is 10.3. The van der Waals surface area contributed by atoms with Crippen LogP contribution in [0, 0.1) is 23.4 Å². The third-order valence-corrected chi connectivity index (χ3v) is 6.37. The molecule has 1 amide bonds. The Bertz CT molecular complexity index is 1020. The second-order valence-corrected chi connectivity index (χ2v) is 8.53. The molecule has 3 N–H and O–H groups in total. The molecule has 0 spiro atoms. The molecule has 0 bridgehead atoms. The zero-order valence-electron chi connectivity index (χ0n) is 14.8. The lowest BCUT2D eigenvalue weighted by atomic mass is 10.0. The molecule has 0 atom stereocenters. The van der Waals surface area contributed by atoms with Gasteiger partial charge in [0.2, 0.25) is 10.0 Å². The number of halogens is 3. The minimum atomic E-state index is -4.17. The summed E-state index contributed by atoms with van der Waals surface area (Å²) in [5.41, 5.74) is 3.84. The third-order valence-electron chi connectivity index (χ3n) is 4.90. The minimum absolute atomic E-state index is 0.191. The highest BCUT2D eigenvalue weighted by Crippen LogP contribution is 2.33. The molecule has 2 aromatic rings. The van der Waals surface area contributed by atoms with Crippen LogP contribution in [0.5, 0.6) is 0 Å². The van der Waals surface area contributed by atoms with Gasteiger partial charge < -0.3 is 5.73 Å². The van der Waals surface area contributed by atoms with Gasteiger partial charge >= 0.3 is 0 Å². The monoisotopic (exact) mass is 412 g/mol. The maximum absolute atomic E-state index is 15.0. The van der Waals surface area contributed by atoms with Gasteiger partial charge in [0.25, 0.3) is 5.91 Å². The fraction of sp³-hybridized carbons (Fsp3) is 0.316. The largest absolute Gasteiger partial charge is 0.366 e. The molecule has 0 unspecified atom stereocenters. The second-order valence-electron chi connectivity index (χ2n) is 6.80. The van der Waals surface area contributed by atoms with E-state index in [0.29, 0.717) is 6.07 Å². The first-order valence-electron chi connectivity index (χ1n) is 8.78. The Morgan fingerprint density at radius 1 is 1.07 bits per heavy atom. The van der Waals surface area contributed by atoms with Crippen molar-refractivity contribution >= 4 is 15.9 Å². The second kappa shape index (κ2) is 7.92. The first-order chi connectivity index (χ1) is 13.2. The highest BCUT2D eigenvalue weighted by atomic mass is 32.2. The molecule has 3 rings (SSSR count). The van der Waals surface area contributed by atoms with E-state index in [4.69, 9.17) is 5.73 Å². The Morgan fingerprint density at radius 3 is 2.36 bits per heavy atom. The maximum Gasteiger partial charge on any atom is 0.251 e. The molecule has 0 aliphatic heterocycles. The molecule has 150 valence electrons. The van der Waals surface area contributed by atoms with E-state index in [9.17, 15) is 26.4 Å². The number of nitrogens with two attached hydrogens (primary N) is 1. The van der Waals surface area contributed by atoms with E-state index < -0.39 is 49.4 Å². The highest BCUT2D eigenvalue weighted by Gasteiger charge is 2.27. The van der Waals surface area contributed by atoms with Crippen molar-refractivity contribution in [1.82, 2.24) is 4.72 Å². The van der Waals surface area contributed by atoms with Gasteiger partial charge in [0, 0.05) is 12.1 Å². The lowest BCUT2D eigenvalue weighted by Gasteiger charge is -2.16. The van der Waals surface area contributed by atoms with Crippen LogP contribution in [0.1, 0.15) is 36.0 Å². The SMILES string of the molecule is NC(=O)c1ccc(S(=O)(=O)NCC2CCCC2)c(-c2ccc(F)c(F)c2)c1F. The van der Waals surface area contributed by atoms with E-state index in [2.05, 4.69) is 4.72 Å². The van der Waals surface area contributed by atoms with Gasteiger partial charge in [-0.1, -0.05) is 18.9 Å². The number of amides is 1. The molecule has 1 fully saturated rings. The topological polar surface area (TPSA) is 89.3 Å². The number of hydrogen-bond acceptors (Lipinski definition) is 3. The van der Waals surface area contributed by atoms with E-state index in [1.54, 1.807) is 0 Å². The number of carbonyl (C=O) groups excluding carboxylic acids is 1. The average Bonchev–Trinajstić information content (AvgIpc) is 3.15. The van der Waals surface area contributed by atoms with E-state index >= 15 is 0 Å². The van der Waals surface area contributed by atoms with Crippen molar-refractivity contribution in [3.05, 3.63) is 53.3 Å². The van der Waals surface area contributed by atoms with Crippen LogP contribution in [0.2, 0.25) is 0 Å². The maximum atomic E-state index is 15.0. The summed E-state index contributed by atoms with van der Waals surface area (Å²) in [5.74, 6) is -4.56. The number of nitrogens with one attached hydrogen (secondary N) is 1. The molecular weight excluding hydrogens is 393 g/mol. The van der Waals surface area contributed by atoms with Crippen LogP contribution in [-0.2, 0) is 10.0 Å². The van der Waals surface area contributed by atoms with Crippen LogP contribution < -0.4 is 10.5 Å². The van der Waals surface area contributed by atoms with Gasteiger partial charge in [0.1, 0.15) is 5.82 Å². The Labute approximate surface area is 160 Å². The Morgan fingerprint density at radius 2 is 1.75 bits per heavy atom. The molecule has 1 aliphatic rings. The smallest absolute Gasteiger partial charge is 0.251 e. The van der Waals surface area contributed by atoms with Crippen LogP contribution in [0.4, 0.5) is 13.2 Å². The van der Waals surface area contributed by atoms with Crippen molar-refractivity contribution in [3.63, 3.8) is 0 Å². The summed E-state index contributed by atoms with van der Waals surface area (Å²) in [7, 11) is -4.17. The number of rotatable bonds is 6. The zero-order valence-corrected chi connectivity index (χ0v) is 15.7. The van der Waals surface area contributed by atoms with Crippen LogP contribution in [0.3, 0.4) is 0 Å². The molecule has 9 heteroatoms. The lowest BCUT2D eigenvalue weighted by molar-refractivity contribution is 0.0996. The quantitative estimate of drug-likeness (QED) is 0.763. The number of primary amides is 1. The molecule has 0 heterocycles. The van der Waals surface area contributed by atoms with Crippen LogP contribution >= 0.6 is 0 Å². The predicted octanol–water partition coefficient (Wildman–Crippen LogP) is 3.34. The summed E-state index contributed by atoms with van der Waals surface area (Å²) >= 11 is 0. The summed E-state index contributed by atoms with van der Waals surface area (Å²) in [4.78, 5) is 11.0. The summed E-state index contributed by atoms with van der Waals surface area (Å²) in [5, 5.41) is 0. The number of hydrogen-bond donors (Lipinski definition) is 2. The fourth-order valence-corrected chi connectivity index (χ4v) is 4.75. The summed E-state index contributed by atoms with van der Waals surface area (Å²) in [6.07, 6.45) is 3.84. The van der Waals surface area contributed by atoms with Crippen molar-refractivity contribution in [2.45, 2.75) is 30.6 Å². The highest BCUT2D eigenvalue weighted by molar-refractivity contribution is 7.89. The predicted molar refractivity (Wildman–Crippen MR) is 97.4 cm³/mol. The van der Waals surface area contributed by atoms with Gasteiger partial charge in [-0.25, -0.2) is 26.3 Å². The Kier molecular flexibility index (Phi) is 5.76. The van der Waals surface area contributed by atoms with E-state index in [0.717, 1.165) is 49.9 Å². The van der Waals surface area contributed by atoms with Crippen molar-refractivity contribution in [2.24, 2.45) is 11.7 Å². The van der Waals surface area contributed by atoms with Gasteiger partial charge in [-0.15, -0.1) is 0 Å². The van der Waals surface area contributed by atoms with E-state index in [1.165, 1.54) is 0 Å². The summed E-state index contributed by atoms with van der Waals surface area (Å²) in [6, 6.07) is 4.47. The number of sulfonamides is 1. The normalized spacial score (nSPS) is 15.1. The summed E-state index contributed by atoms with van der Waals surface area (Å²) < 4.78 is 70.0. The van der Waals surface area contributed by atoms with Crippen LogP contribution in [0.25, 0.3) is 11.1 Å². The Balaban J connectivity index is 2.10. The molecule has 5 nitrogen and oxygen atoms in total. The number of benzene rings is 2. The van der Waals surface area contributed by atoms with Gasteiger partial charge in [-0.3, -0.25) is 4.79 Å². The molecule has 0 radical (unpaired) electrons. The standard InChI is InChI=1S/C19H19F3N2O3S/c20-14-7-5-12(9-15(14)21)17-16(8-6-13(18(17)22)19(23)25)28(26,27)24-10-11-3-1-2-4-11/h5-9,11,24H,1-4,10H2,(H2,23,25). The Hall–Kier alpha value is -2.39. The van der Waals surface area contributed by atoms with E-state index in [-0.39, 0.29) is 18.0 Å². The van der Waals surface area contributed by atoms with Crippen LogP contribution in [0.15, 0.2) is 35.2 Å². The third kappa shape index (κ3) is 4.05. The van der Waals surface area contributed by atoms with Gasteiger partial charge in [-0.05, 0) is 48.6 Å². The molecule has 1 saturated carbocycles. The molecule has 0 saturated heterocycles. The van der Waals surface area contributed by atoms with Gasteiger partial charge in [0.15, 0.2) is 11.6 Å². The number of carbonyl (C=O) groups is 1. The van der Waals surface area contributed by atoms with Crippen molar-refractivity contribution in [1.29, 1.82) is 0 Å². The van der Waals surface area contributed by atoms with Crippen molar-refractivity contribution in [3.8, 4) is 11.1 Å². The fourth-order valence-electron chi connectivity index (χ4n) is 3.41. The summed E-state index contributed by atoms with van der Waals surface area (Å²) in [6.45, 7) is 0.193. The minimum Gasteiger partial charge on any atom is -0.366 e. The van der Waals surface area contributed by atoms with E-state index in [1.807, 2.05) is 0 Å². The molecule has 0 aromatic heterocycles. The average molecular weight is 412 g/mol. The van der Waals surface area contributed by atoms with Crippen LogP contribution in [-0.4, -0.2) is 20.9 Å². The van der Waals surface area contributed by atoms with Gasteiger partial charge in [0.05, 0.1) is 10.5 Å². The first kappa shape index (κ1) is 20.3. The molecular formula is C19H19F3N2O3S. The molecule has 1 aliphatic carbocycles. The lowest BCUT2D eigenvalue weighted by Crippen LogP contribution is -2.29. The zero-order chi connectivity index (χ0) is 20.5.